The number of hydrogen-bond acceptors (Lipinski definition) is 2. The number of aromatic nitrogens is 3. The number of carboxylic acid groups (broad SMARTS) is 1. The molecule has 0 saturated carbocycles. The van der Waals surface area contributed by atoms with Crippen LogP contribution in [0.1, 0.15) is 15.9 Å². The van der Waals surface area contributed by atoms with Crippen molar-refractivity contribution >= 4 is 27.8 Å². The van der Waals surface area contributed by atoms with Crippen LogP contribution in [0.15, 0.2) is 54.9 Å². The van der Waals surface area contributed by atoms with Gasteiger partial charge in [-0.05, 0) is 17.7 Å². The molecule has 1 N–H and O–H groups in total. The highest BCUT2D eigenvalue weighted by atomic mass is 16.4. The Hall–Kier alpha value is -3.08. The van der Waals surface area contributed by atoms with Gasteiger partial charge in [0.1, 0.15) is 0 Å². The summed E-state index contributed by atoms with van der Waals surface area (Å²) in [5.74, 6) is -0.911. The molecule has 0 amide bonds. The van der Waals surface area contributed by atoms with E-state index in [1.165, 1.54) is 5.56 Å². The number of aryl methyl sites for hydroxylation is 1. The second kappa shape index (κ2) is 4.98. The molecule has 0 saturated heterocycles. The van der Waals surface area contributed by atoms with Crippen LogP contribution < -0.4 is 0 Å². The molecule has 2 heterocycles. The Morgan fingerprint density at radius 3 is 2.65 bits per heavy atom. The van der Waals surface area contributed by atoms with Crippen LogP contribution in [0.5, 0.6) is 0 Å². The zero-order chi connectivity index (χ0) is 16.0. The maximum Gasteiger partial charge on any atom is 0.337 e. The van der Waals surface area contributed by atoms with Gasteiger partial charge in [-0.1, -0.05) is 30.3 Å². The molecule has 2 aromatic carbocycles. The minimum atomic E-state index is -0.911. The molecule has 114 valence electrons. The number of hydrogen-bond donors (Lipinski definition) is 1. The predicted octanol–water partition coefficient (Wildman–Crippen LogP) is 3.27. The van der Waals surface area contributed by atoms with E-state index in [9.17, 15) is 9.90 Å². The third-order valence-electron chi connectivity index (χ3n) is 4.17. The zero-order valence-corrected chi connectivity index (χ0v) is 12.6. The number of aromatic carboxylic acids is 1. The molecule has 0 aliphatic rings. The fraction of sp³-hybridized carbons (Fsp3) is 0.111. The molecule has 4 rings (SSSR count). The third kappa shape index (κ3) is 2.09. The molecule has 5 nitrogen and oxygen atoms in total. The predicted molar refractivity (Wildman–Crippen MR) is 88.7 cm³/mol. The topological polar surface area (TPSA) is 60.1 Å². The van der Waals surface area contributed by atoms with Crippen LogP contribution in [-0.2, 0) is 13.6 Å². The van der Waals surface area contributed by atoms with Crippen molar-refractivity contribution in [2.45, 2.75) is 6.54 Å². The van der Waals surface area contributed by atoms with Crippen molar-refractivity contribution < 1.29 is 9.90 Å². The number of rotatable bonds is 3. The zero-order valence-electron chi connectivity index (χ0n) is 12.6. The van der Waals surface area contributed by atoms with Gasteiger partial charge < -0.3 is 9.67 Å². The van der Waals surface area contributed by atoms with Crippen LogP contribution in [0, 0.1) is 0 Å². The van der Waals surface area contributed by atoms with Gasteiger partial charge in [0.15, 0.2) is 0 Å². The van der Waals surface area contributed by atoms with Crippen molar-refractivity contribution in [3.63, 3.8) is 0 Å². The minimum absolute atomic E-state index is 0.320. The van der Waals surface area contributed by atoms with Gasteiger partial charge in [-0.25, -0.2) is 4.79 Å². The lowest BCUT2D eigenvalue weighted by atomic mass is 10.1. The van der Waals surface area contributed by atoms with E-state index in [1.54, 1.807) is 6.20 Å². The van der Waals surface area contributed by atoms with Crippen LogP contribution in [-0.4, -0.2) is 25.4 Å². The quantitative estimate of drug-likeness (QED) is 0.632. The smallest absolute Gasteiger partial charge is 0.337 e. The lowest BCUT2D eigenvalue weighted by molar-refractivity contribution is 0.0699. The molecule has 0 spiro atoms. The highest BCUT2D eigenvalue weighted by Gasteiger charge is 2.16. The Kier molecular flexibility index (Phi) is 2.94. The molecule has 0 bridgehead atoms. The maximum atomic E-state index is 11.4. The van der Waals surface area contributed by atoms with E-state index in [2.05, 4.69) is 17.2 Å². The van der Waals surface area contributed by atoms with Gasteiger partial charge in [0.25, 0.3) is 0 Å². The minimum Gasteiger partial charge on any atom is -0.478 e. The average Bonchev–Trinajstić information content (AvgIpc) is 3.10. The van der Waals surface area contributed by atoms with Gasteiger partial charge in [0.05, 0.1) is 29.3 Å². The summed E-state index contributed by atoms with van der Waals surface area (Å²) in [6.45, 7) is 0.687. The molecule has 0 atom stereocenters. The highest BCUT2D eigenvalue weighted by molar-refractivity contribution is 6.12. The number of benzene rings is 2. The lowest BCUT2D eigenvalue weighted by Crippen LogP contribution is -2.01. The highest BCUT2D eigenvalue weighted by Crippen LogP contribution is 2.29. The Morgan fingerprint density at radius 2 is 1.91 bits per heavy atom. The van der Waals surface area contributed by atoms with Crippen molar-refractivity contribution in [2.24, 2.45) is 7.05 Å². The van der Waals surface area contributed by atoms with E-state index in [4.69, 9.17) is 0 Å². The van der Waals surface area contributed by atoms with Gasteiger partial charge in [-0.15, -0.1) is 0 Å². The second-order valence-electron chi connectivity index (χ2n) is 5.64. The van der Waals surface area contributed by atoms with Crippen LogP contribution in [0.2, 0.25) is 0 Å². The molecule has 0 aliphatic heterocycles. The normalized spacial score (nSPS) is 11.3. The summed E-state index contributed by atoms with van der Waals surface area (Å²) in [6, 6.07) is 14.0. The van der Waals surface area contributed by atoms with Crippen LogP contribution in [0.25, 0.3) is 21.8 Å². The largest absolute Gasteiger partial charge is 0.478 e. The Labute approximate surface area is 132 Å². The molecule has 2 aromatic heterocycles. The monoisotopic (exact) mass is 305 g/mol. The van der Waals surface area contributed by atoms with E-state index >= 15 is 0 Å². The summed E-state index contributed by atoms with van der Waals surface area (Å²) < 4.78 is 3.80. The molecular formula is C18H15N3O2. The first kappa shape index (κ1) is 13.6. The summed E-state index contributed by atoms with van der Waals surface area (Å²) in [5.41, 5.74) is 3.40. The summed E-state index contributed by atoms with van der Waals surface area (Å²) in [5, 5.41) is 15.5. The van der Waals surface area contributed by atoms with Gasteiger partial charge in [0, 0.05) is 24.0 Å². The van der Waals surface area contributed by atoms with Crippen molar-refractivity contribution in [3.05, 3.63) is 66.0 Å². The average molecular weight is 305 g/mol. The summed E-state index contributed by atoms with van der Waals surface area (Å²) >= 11 is 0. The van der Waals surface area contributed by atoms with Crippen molar-refractivity contribution in [1.29, 1.82) is 0 Å². The van der Waals surface area contributed by atoms with Crippen molar-refractivity contribution in [2.75, 3.05) is 0 Å². The first-order chi connectivity index (χ1) is 11.1. The summed E-state index contributed by atoms with van der Waals surface area (Å²) in [6.07, 6.45) is 3.47. The van der Waals surface area contributed by atoms with Gasteiger partial charge >= 0.3 is 5.97 Å². The number of fused-ring (bicyclic) bond motifs is 3. The SMILES string of the molecule is Cn1cc(C(=O)O)c2ccc3c(cnn3Cc3ccccc3)c21. The van der Waals surface area contributed by atoms with E-state index < -0.39 is 5.97 Å². The standard InChI is InChI=1S/C18H15N3O2/c1-20-11-15(18(22)23)13-7-8-16-14(17(13)20)9-19-21(16)10-12-5-3-2-4-6-12/h2-9,11H,10H2,1H3,(H,22,23). The van der Waals surface area contributed by atoms with E-state index in [-0.39, 0.29) is 0 Å². The number of carboxylic acids is 1. The number of nitrogens with zero attached hydrogens (tertiary/aromatic N) is 3. The first-order valence-corrected chi connectivity index (χ1v) is 7.36. The van der Waals surface area contributed by atoms with E-state index in [0.29, 0.717) is 12.1 Å². The van der Waals surface area contributed by atoms with Crippen LogP contribution >= 0.6 is 0 Å². The molecule has 0 fully saturated rings. The van der Waals surface area contributed by atoms with Crippen LogP contribution in [0.4, 0.5) is 0 Å². The molecular weight excluding hydrogens is 290 g/mol. The molecule has 0 radical (unpaired) electrons. The van der Waals surface area contributed by atoms with Crippen LogP contribution in [0.3, 0.4) is 0 Å². The fourth-order valence-corrected chi connectivity index (χ4v) is 3.12. The molecule has 5 heteroatoms. The van der Waals surface area contributed by atoms with Gasteiger partial charge in [0.2, 0.25) is 0 Å². The van der Waals surface area contributed by atoms with E-state index in [1.807, 2.05) is 52.8 Å². The van der Waals surface area contributed by atoms with E-state index in [0.717, 1.165) is 21.8 Å². The molecule has 23 heavy (non-hydrogen) atoms. The molecule has 0 unspecified atom stereocenters. The van der Waals surface area contributed by atoms with Crippen molar-refractivity contribution in [3.8, 4) is 0 Å². The third-order valence-corrected chi connectivity index (χ3v) is 4.17. The fourth-order valence-electron chi connectivity index (χ4n) is 3.12. The van der Waals surface area contributed by atoms with Gasteiger partial charge in [-0.3, -0.25) is 4.68 Å². The van der Waals surface area contributed by atoms with Gasteiger partial charge in [-0.2, -0.15) is 5.10 Å². The lowest BCUT2D eigenvalue weighted by Gasteiger charge is -2.04. The molecule has 0 aliphatic carbocycles. The Bertz CT molecular complexity index is 1030. The summed E-state index contributed by atoms with van der Waals surface area (Å²) in [7, 11) is 1.86. The molecule has 4 aromatic rings. The number of carbonyl (C=O) groups is 1. The maximum absolute atomic E-state index is 11.4. The second-order valence-corrected chi connectivity index (χ2v) is 5.64. The van der Waals surface area contributed by atoms with Crippen molar-refractivity contribution in [1.82, 2.24) is 14.3 Å². The Morgan fingerprint density at radius 1 is 1.13 bits per heavy atom. The summed E-state index contributed by atoms with van der Waals surface area (Å²) in [4.78, 5) is 11.4. The first-order valence-electron chi connectivity index (χ1n) is 7.36. The Balaban J connectivity index is 1.91.